The molecular formula is C13H18O4. The minimum atomic E-state index is -0.491. The molecule has 0 atom stereocenters. The van der Waals surface area contributed by atoms with Gasteiger partial charge in [-0.25, -0.2) is 4.79 Å². The van der Waals surface area contributed by atoms with Crippen LogP contribution in [-0.2, 0) is 21.0 Å². The predicted octanol–water partition coefficient (Wildman–Crippen LogP) is 2.51. The lowest BCUT2D eigenvalue weighted by Gasteiger charge is -2.16. The summed E-state index contributed by atoms with van der Waals surface area (Å²) in [6, 6.07) is 7.23. The SMILES string of the molecule is COc1ccc(CC(=O)OOC(C)(C)C)cc1. The summed E-state index contributed by atoms with van der Waals surface area (Å²) in [4.78, 5) is 21.1. The van der Waals surface area contributed by atoms with E-state index in [1.807, 2.05) is 32.9 Å². The minimum Gasteiger partial charge on any atom is -0.497 e. The van der Waals surface area contributed by atoms with Gasteiger partial charge in [-0.2, -0.15) is 4.89 Å². The van der Waals surface area contributed by atoms with Crippen molar-refractivity contribution in [3.05, 3.63) is 29.8 Å². The Balaban J connectivity index is 2.45. The van der Waals surface area contributed by atoms with Crippen molar-refractivity contribution in [2.75, 3.05) is 7.11 Å². The van der Waals surface area contributed by atoms with Crippen LogP contribution in [0.25, 0.3) is 0 Å². The van der Waals surface area contributed by atoms with Crippen LogP contribution in [0.3, 0.4) is 0 Å². The van der Waals surface area contributed by atoms with Crippen molar-refractivity contribution in [1.29, 1.82) is 0 Å². The Labute approximate surface area is 101 Å². The molecule has 1 aromatic carbocycles. The summed E-state index contributed by atoms with van der Waals surface area (Å²) < 4.78 is 5.03. The van der Waals surface area contributed by atoms with Gasteiger partial charge < -0.3 is 4.74 Å². The number of benzene rings is 1. The van der Waals surface area contributed by atoms with Crippen LogP contribution < -0.4 is 4.74 Å². The van der Waals surface area contributed by atoms with Gasteiger partial charge in [0, 0.05) is 0 Å². The van der Waals surface area contributed by atoms with Gasteiger partial charge in [-0.15, -0.1) is 0 Å². The molecule has 0 radical (unpaired) electrons. The van der Waals surface area contributed by atoms with Gasteiger partial charge in [0.15, 0.2) is 0 Å². The molecular weight excluding hydrogens is 220 g/mol. The first kappa shape index (κ1) is 13.5. The van der Waals surface area contributed by atoms with Gasteiger partial charge in [0.1, 0.15) is 11.4 Å². The Morgan fingerprint density at radius 2 is 1.76 bits per heavy atom. The summed E-state index contributed by atoms with van der Waals surface area (Å²) in [5.74, 6) is 0.346. The number of rotatable bonds is 4. The number of methoxy groups -OCH3 is 1. The van der Waals surface area contributed by atoms with Crippen LogP contribution in [0, 0.1) is 0 Å². The lowest BCUT2D eigenvalue weighted by atomic mass is 10.1. The largest absolute Gasteiger partial charge is 0.497 e. The van der Waals surface area contributed by atoms with Gasteiger partial charge in [-0.3, -0.25) is 4.89 Å². The van der Waals surface area contributed by atoms with Crippen LogP contribution in [0.1, 0.15) is 26.3 Å². The first-order valence-electron chi connectivity index (χ1n) is 5.42. The zero-order valence-electron chi connectivity index (χ0n) is 10.6. The van der Waals surface area contributed by atoms with E-state index in [0.29, 0.717) is 0 Å². The average Bonchev–Trinajstić information content (AvgIpc) is 2.27. The number of hydrogen-bond donors (Lipinski definition) is 0. The van der Waals surface area contributed by atoms with E-state index in [0.717, 1.165) is 11.3 Å². The summed E-state index contributed by atoms with van der Waals surface area (Å²) in [6.45, 7) is 5.44. The molecule has 0 spiro atoms. The quantitative estimate of drug-likeness (QED) is 0.597. The number of carbonyl (C=O) groups is 1. The van der Waals surface area contributed by atoms with Crippen molar-refractivity contribution < 1.29 is 19.3 Å². The highest BCUT2D eigenvalue weighted by Crippen LogP contribution is 2.13. The molecule has 0 saturated heterocycles. The molecule has 0 unspecified atom stereocenters. The van der Waals surface area contributed by atoms with E-state index in [1.165, 1.54) is 0 Å². The van der Waals surface area contributed by atoms with E-state index >= 15 is 0 Å². The van der Waals surface area contributed by atoms with Gasteiger partial charge in [0.2, 0.25) is 0 Å². The van der Waals surface area contributed by atoms with Gasteiger partial charge >= 0.3 is 5.97 Å². The molecule has 0 aliphatic rings. The maximum atomic E-state index is 11.4. The fraction of sp³-hybridized carbons (Fsp3) is 0.462. The lowest BCUT2D eigenvalue weighted by Crippen LogP contribution is -2.22. The average molecular weight is 238 g/mol. The van der Waals surface area contributed by atoms with E-state index in [-0.39, 0.29) is 6.42 Å². The van der Waals surface area contributed by atoms with Crippen LogP contribution in [0.5, 0.6) is 5.75 Å². The summed E-state index contributed by atoms with van der Waals surface area (Å²) in [5.41, 5.74) is 0.364. The molecule has 0 aliphatic heterocycles. The van der Waals surface area contributed by atoms with E-state index in [2.05, 4.69) is 0 Å². The third-order valence-corrected chi connectivity index (χ3v) is 1.89. The van der Waals surface area contributed by atoms with Crippen molar-refractivity contribution in [3.8, 4) is 5.75 Å². The molecule has 0 aliphatic carbocycles. The molecule has 4 nitrogen and oxygen atoms in total. The molecule has 0 N–H and O–H groups in total. The van der Waals surface area contributed by atoms with Crippen LogP contribution in [-0.4, -0.2) is 18.7 Å². The fourth-order valence-corrected chi connectivity index (χ4v) is 1.11. The summed E-state index contributed by atoms with van der Waals surface area (Å²) >= 11 is 0. The van der Waals surface area contributed by atoms with Crippen molar-refractivity contribution in [3.63, 3.8) is 0 Å². The van der Waals surface area contributed by atoms with E-state index in [9.17, 15) is 4.79 Å². The third-order valence-electron chi connectivity index (χ3n) is 1.89. The lowest BCUT2D eigenvalue weighted by molar-refractivity contribution is -0.320. The van der Waals surface area contributed by atoms with Crippen molar-refractivity contribution in [1.82, 2.24) is 0 Å². The van der Waals surface area contributed by atoms with Gasteiger partial charge in [-0.05, 0) is 38.5 Å². The molecule has 0 amide bonds. The molecule has 94 valence electrons. The minimum absolute atomic E-state index is 0.181. The molecule has 17 heavy (non-hydrogen) atoms. The van der Waals surface area contributed by atoms with Gasteiger partial charge in [0.25, 0.3) is 0 Å². The smallest absolute Gasteiger partial charge is 0.346 e. The Hall–Kier alpha value is -1.55. The van der Waals surface area contributed by atoms with Crippen molar-refractivity contribution in [2.45, 2.75) is 32.8 Å². The number of carbonyl (C=O) groups excluding carboxylic acids is 1. The van der Waals surface area contributed by atoms with Crippen LogP contribution >= 0.6 is 0 Å². The summed E-state index contributed by atoms with van der Waals surface area (Å²) in [7, 11) is 1.60. The summed E-state index contributed by atoms with van der Waals surface area (Å²) in [5, 5.41) is 0. The highest BCUT2D eigenvalue weighted by atomic mass is 17.2. The number of hydrogen-bond acceptors (Lipinski definition) is 4. The van der Waals surface area contributed by atoms with E-state index in [4.69, 9.17) is 14.5 Å². The van der Waals surface area contributed by atoms with Crippen LogP contribution in [0.4, 0.5) is 0 Å². The molecule has 0 saturated carbocycles. The zero-order valence-corrected chi connectivity index (χ0v) is 10.6. The Morgan fingerprint density at radius 1 is 1.18 bits per heavy atom. The predicted molar refractivity (Wildman–Crippen MR) is 63.6 cm³/mol. The molecule has 1 aromatic rings. The second-order valence-electron chi connectivity index (χ2n) is 4.68. The molecule has 1 rings (SSSR count). The van der Waals surface area contributed by atoms with Gasteiger partial charge in [-0.1, -0.05) is 12.1 Å². The topological polar surface area (TPSA) is 44.8 Å². The first-order valence-corrected chi connectivity index (χ1v) is 5.42. The fourth-order valence-electron chi connectivity index (χ4n) is 1.11. The number of ether oxygens (including phenoxy) is 1. The second kappa shape index (κ2) is 5.68. The highest BCUT2D eigenvalue weighted by Gasteiger charge is 2.15. The second-order valence-corrected chi connectivity index (χ2v) is 4.68. The van der Waals surface area contributed by atoms with Gasteiger partial charge in [0.05, 0.1) is 13.5 Å². The molecule has 0 bridgehead atoms. The maximum absolute atomic E-state index is 11.4. The highest BCUT2D eigenvalue weighted by molar-refractivity contribution is 5.72. The third kappa shape index (κ3) is 5.36. The monoisotopic (exact) mass is 238 g/mol. The van der Waals surface area contributed by atoms with E-state index < -0.39 is 11.6 Å². The molecule has 0 aromatic heterocycles. The standard InChI is InChI=1S/C13H18O4/c1-13(2,3)17-16-12(14)9-10-5-7-11(15-4)8-6-10/h5-8H,9H2,1-4H3. The maximum Gasteiger partial charge on any atom is 0.346 e. The van der Waals surface area contributed by atoms with E-state index in [1.54, 1.807) is 19.2 Å². The Kier molecular flexibility index (Phi) is 4.52. The Morgan fingerprint density at radius 3 is 2.24 bits per heavy atom. The summed E-state index contributed by atoms with van der Waals surface area (Å²) in [6.07, 6.45) is 0.181. The Bertz CT molecular complexity index is 362. The van der Waals surface area contributed by atoms with Crippen molar-refractivity contribution in [2.24, 2.45) is 0 Å². The molecule has 0 heterocycles. The normalized spacial score (nSPS) is 11.1. The van der Waals surface area contributed by atoms with Crippen LogP contribution in [0.2, 0.25) is 0 Å². The van der Waals surface area contributed by atoms with Crippen molar-refractivity contribution >= 4 is 5.97 Å². The van der Waals surface area contributed by atoms with Crippen LogP contribution in [0.15, 0.2) is 24.3 Å². The zero-order chi connectivity index (χ0) is 12.9. The first-order chi connectivity index (χ1) is 7.90. The molecule has 0 fully saturated rings. The molecule has 4 heteroatoms.